The number of anilines is 1. The molecular formula is C23H24N4O3S2. The lowest BCUT2D eigenvalue weighted by molar-refractivity contribution is -0.119. The van der Waals surface area contributed by atoms with Gasteiger partial charge in [0, 0.05) is 25.0 Å². The predicted molar refractivity (Wildman–Crippen MR) is 129 cm³/mol. The molecule has 0 aliphatic heterocycles. The topological polar surface area (TPSA) is 77.3 Å². The molecule has 0 N–H and O–H groups in total. The largest absolute Gasteiger partial charge is 0.383 e. The van der Waals surface area contributed by atoms with Crippen molar-refractivity contribution in [2.45, 2.75) is 38.6 Å². The number of aromatic nitrogens is 3. The minimum Gasteiger partial charge on any atom is -0.383 e. The Balaban J connectivity index is 1.38. The van der Waals surface area contributed by atoms with E-state index in [0.717, 1.165) is 39.7 Å². The van der Waals surface area contributed by atoms with E-state index in [9.17, 15) is 9.59 Å². The second kappa shape index (κ2) is 9.09. The van der Waals surface area contributed by atoms with Crippen LogP contribution in [0.2, 0.25) is 0 Å². The van der Waals surface area contributed by atoms with Crippen LogP contribution in [-0.2, 0) is 28.9 Å². The van der Waals surface area contributed by atoms with Crippen molar-refractivity contribution in [2.75, 3.05) is 25.2 Å². The Kier molecular flexibility index (Phi) is 6.03. The van der Waals surface area contributed by atoms with E-state index in [-0.39, 0.29) is 17.9 Å². The summed E-state index contributed by atoms with van der Waals surface area (Å²) in [6.07, 6.45) is 6.03. The summed E-state index contributed by atoms with van der Waals surface area (Å²) in [7, 11) is 1.61. The molecule has 0 atom stereocenters. The van der Waals surface area contributed by atoms with Gasteiger partial charge >= 0.3 is 0 Å². The number of amides is 1. The smallest absolute Gasteiger partial charge is 0.262 e. The number of fused-ring (bicyclic) bond motifs is 4. The molecule has 166 valence electrons. The lowest BCUT2D eigenvalue weighted by Crippen LogP contribution is -2.35. The Morgan fingerprint density at radius 3 is 2.91 bits per heavy atom. The summed E-state index contributed by atoms with van der Waals surface area (Å²) >= 11 is 3.13. The summed E-state index contributed by atoms with van der Waals surface area (Å²) in [6, 6.07) is 7.84. The monoisotopic (exact) mass is 468 g/mol. The molecule has 9 heteroatoms. The van der Waals surface area contributed by atoms with Gasteiger partial charge in [-0.15, -0.1) is 11.3 Å². The van der Waals surface area contributed by atoms with E-state index in [2.05, 4.69) is 9.97 Å². The zero-order chi connectivity index (χ0) is 22.1. The molecule has 3 aromatic heterocycles. The maximum absolute atomic E-state index is 13.2. The highest BCUT2D eigenvalue weighted by Crippen LogP contribution is 2.33. The number of rotatable bonds is 7. The highest BCUT2D eigenvalue weighted by atomic mass is 32.1. The normalized spacial score (nSPS) is 13.5. The average Bonchev–Trinajstić information content (AvgIpc) is 3.40. The third-order valence-corrected chi connectivity index (χ3v) is 8.10. The van der Waals surface area contributed by atoms with Crippen LogP contribution < -0.4 is 10.5 Å². The van der Waals surface area contributed by atoms with Crippen molar-refractivity contribution >= 4 is 54.1 Å². The molecule has 0 fully saturated rings. The van der Waals surface area contributed by atoms with Gasteiger partial charge in [-0.3, -0.25) is 19.1 Å². The summed E-state index contributed by atoms with van der Waals surface area (Å²) in [5.41, 5.74) is 2.01. The maximum atomic E-state index is 13.2. The van der Waals surface area contributed by atoms with Gasteiger partial charge in [0.05, 0.1) is 35.1 Å². The molecule has 3 heterocycles. The molecule has 0 spiro atoms. The van der Waals surface area contributed by atoms with E-state index in [4.69, 9.17) is 4.74 Å². The molecule has 0 saturated heterocycles. The molecule has 1 aromatic carbocycles. The first-order valence-corrected chi connectivity index (χ1v) is 12.4. The molecule has 1 aliphatic rings. The Labute approximate surface area is 193 Å². The van der Waals surface area contributed by atoms with Crippen LogP contribution in [0.15, 0.2) is 35.4 Å². The Morgan fingerprint density at radius 2 is 2.06 bits per heavy atom. The van der Waals surface area contributed by atoms with Gasteiger partial charge in [0.25, 0.3) is 5.56 Å². The second-order valence-electron chi connectivity index (χ2n) is 7.89. The first-order valence-electron chi connectivity index (χ1n) is 10.8. The minimum absolute atomic E-state index is 0.0365. The van der Waals surface area contributed by atoms with Crippen molar-refractivity contribution < 1.29 is 9.53 Å². The summed E-state index contributed by atoms with van der Waals surface area (Å²) in [5.74, 6) is -0.0829. The van der Waals surface area contributed by atoms with Gasteiger partial charge in [0.15, 0.2) is 5.13 Å². The summed E-state index contributed by atoms with van der Waals surface area (Å²) in [6.45, 7) is 1.12. The van der Waals surface area contributed by atoms with E-state index < -0.39 is 0 Å². The van der Waals surface area contributed by atoms with E-state index in [1.165, 1.54) is 28.2 Å². The lowest BCUT2D eigenvalue weighted by Gasteiger charge is -2.19. The van der Waals surface area contributed by atoms with Crippen molar-refractivity contribution in [3.05, 3.63) is 51.4 Å². The standard InChI is InChI=1S/C23H24N4O3S2/c1-30-13-12-27(23-25-16-7-3-5-9-18(16)32-23)19(28)10-11-26-14-24-21-20(22(26)29)15-6-2-4-8-17(15)31-21/h3,5,7,9,14H,2,4,6,8,10-13H2,1H3. The molecule has 1 amide bonds. The molecule has 7 nitrogen and oxygen atoms in total. The molecule has 0 unspecified atom stereocenters. The van der Waals surface area contributed by atoms with Crippen LogP contribution in [0, 0.1) is 0 Å². The number of thiophene rings is 1. The van der Waals surface area contributed by atoms with Crippen LogP contribution in [0.3, 0.4) is 0 Å². The predicted octanol–water partition coefficient (Wildman–Crippen LogP) is 4.02. The zero-order valence-corrected chi connectivity index (χ0v) is 19.5. The Bertz CT molecular complexity index is 1310. The van der Waals surface area contributed by atoms with E-state index in [1.54, 1.807) is 34.2 Å². The number of thiazole rings is 1. The van der Waals surface area contributed by atoms with Gasteiger partial charge in [0.2, 0.25) is 5.91 Å². The number of methoxy groups -OCH3 is 1. The van der Waals surface area contributed by atoms with E-state index in [0.29, 0.717) is 24.8 Å². The van der Waals surface area contributed by atoms with Gasteiger partial charge < -0.3 is 4.74 Å². The van der Waals surface area contributed by atoms with Crippen LogP contribution in [0.5, 0.6) is 0 Å². The van der Waals surface area contributed by atoms with Crippen LogP contribution in [0.25, 0.3) is 20.4 Å². The van der Waals surface area contributed by atoms with Crippen LogP contribution in [0.1, 0.15) is 29.7 Å². The number of hydrogen-bond donors (Lipinski definition) is 0. The number of aryl methyl sites for hydroxylation is 3. The average molecular weight is 469 g/mol. The number of hydrogen-bond acceptors (Lipinski definition) is 7. The number of nitrogens with zero attached hydrogens (tertiary/aromatic N) is 4. The lowest BCUT2D eigenvalue weighted by atomic mass is 9.97. The Morgan fingerprint density at radius 1 is 1.22 bits per heavy atom. The molecule has 5 rings (SSSR count). The highest BCUT2D eigenvalue weighted by molar-refractivity contribution is 7.22. The van der Waals surface area contributed by atoms with Crippen LogP contribution in [0.4, 0.5) is 5.13 Å². The van der Waals surface area contributed by atoms with Crippen molar-refractivity contribution in [3.63, 3.8) is 0 Å². The second-order valence-corrected chi connectivity index (χ2v) is 9.98. The van der Waals surface area contributed by atoms with Crippen molar-refractivity contribution in [1.29, 1.82) is 0 Å². The first-order chi connectivity index (χ1) is 15.7. The van der Waals surface area contributed by atoms with E-state index in [1.807, 2.05) is 24.3 Å². The molecule has 0 radical (unpaired) electrons. The number of benzene rings is 1. The van der Waals surface area contributed by atoms with Gasteiger partial charge in [0.1, 0.15) is 4.83 Å². The number of ether oxygens (including phenoxy) is 1. The minimum atomic E-state index is -0.0829. The van der Waals surface area contributed by atoms with Gasteiger partial charge in [-0.05, 0) is 43.4 Å². The quantitative estimate of drug-likeness (QED) is 0.409. The van der Waals surface area contributed by atoms with Crippen LogP contribution >= 0.6 is 22.7 Å². The molecule has 0 saturated carbocycles. The molecule has 32 heavy (non-hydrogen) atoms. The molecule has 4 aromatic rings. The molecule has 1 aliphatic carbocycles. The number of para-hydroxylation sites is 1. The van der Waals surface area contributed by atoms with Gasteiger partial charge in [-0.1, -0.05) is 23.5 Å². The van der Waals surface area contributed by atoms with Crippen molar-refractivity contribution in [2.24, 2.45) is 0 Å². The van der Waals surface area contributed by atoms with Crippen molar-refractivity contribution in [3.8, 4) is 0 Å². The maximum Gasteiger partial charge on any atom is 0.262 e. The fraction of sp³-hybridized carbons (Fsp3) is 0.391. The van der Waals surface area contributed by atoms with Gasteiger partial charge in [-0.2, -0.15) is 0 Å². The summed E-state index contributed by atoms with van der Waals surface area (Å²) in [5, 5.41) is 1.41. The van der Waals surface area contributed by atoms with Gasteiger partial charge in [-0.25, -0.2) is 9.97 Å². The zero-order valence-electron chi connectivity index (χ0n) is 17.9. The number of carbonyl (C=O) groups excluding carboxylic acids is 1. The molecule has 0 bridgehead atoms. The first kappa shape index (κ1) is 21.2. The summed E-state index contributed by atoms with van der Waals surface area (Å²) < 4.78 is 7.82. The van der Waals surface area contributed by atoms with Crippen molar-refractivity contribution in [1.82, 2.24) is 14.5 Å². The van der Waals surface area contributed by atoms with Crippen LogP contribution in [-0.4, -0.2) is 40.7 Å². The Hall–Kier alpha value is -2.62. The summed E-state index contributed by atoms with van der Waals surface area (Å²) in [4.78, 5) is 39.3. The number of carbonyl (C=O) groups is 1. The third kappa shape index (κ3) is 3.96. The fourth-order valence-electron chi connectivity index (χ4n) is 4.18. The third-order valence-electron chi connectivity index (χ3n) is 5.84. The fourth-order valence-corrected chi connectivity index (χ4v) is 6.40. The highest BCUT2D eigenvalue weighted by Gasteiger charge is 2.22. The van der Waals surface area contributed by atoms with E-state index >= 15 is 0 Å². The molecular weight excluding hydrogens is 444 g/mol. The SMILES string of the molecule is COCCN(C(=O)CCn1cnc2sc3c(c2c1=O)CCCC3)c1nc2ccccc2s1.